The monoisotopic (exact) mass is 391 g/mol. The van der Waals surface area contributed by atoms with Crippen molar-refractivity contribution in [2.24, 2.45) is 5.92 Å². The highest BCUT2D eigenvalue weighted by Gasteiger charge is 2.35. The summed E-state index contributed by atoms with van der Waals surface area (Å²) in [5.41, 5.74) is 8.38. The molecule has 136 valence electrons. The van der Waals surface area contributed by atoms with Crippen LogP contribution in [0, 0.1) is 5.92 Å². The van der Waals surface area contributed by atoms with Gasteiger partial charge in [0, 0.05) is 24.3 Å². The topological polar surface area (TPSA) is 75.4 Å². The van der Waals surface area contributed by atoms with Gasteiger partial charge in [0.1, 0.15) is 0 Å². The SMILES string of the molecule is CCc1ccccc1N1CC(C(=O)Nc2cc(Cl)c(N)c(Cl)c2)CC1=O. The van der Waals surface area contributed by atoms with Crippen LogP contribution in [0.4, 0.5) is 17.1 Å². The van der Waals surface area contributed by atoms with Crippen molar-refractivity contribution in [3.05, 3.63) is 52.0 Å². The predicted molar refractivity (Wildman–Crippen MR) is 106 cm³/mol. The van der Waals surface area contributed by atoms with Crippen LogP contribution in [0.15, 0.2) is 36.4 Å². The Labute approximate surface area is 162 Å². The molecule has 26 heavy (non-hydrogen) atoms. The second-order valence-electron chi connectivity index (χ2n) is 6.23. The maximum Gasteiger partial charge on any atom is 0.229 e. The number of nitrogens with one attached hydrogen (secondary N) is 1. The molecule has 5 nitrogen and oxygen atoms in total. The van der Waals surface area contributed by atoms with Gasteiger partial charge in [-0.15, -0.1) is 0 Å². The lowest BCUT2D eigenvalue weighted by atomic mass is 10.1. The Morgan fingerprint density at radius 3 is 2.58 bits per heavy atom. The molecule has 1 aliphatic heterocycles. The van der Waals surface area contributed by atoms with Gasteiger partial charge in [-0.2, -0.15) is 0 Å². The Morgan fingerprint density at radius 2 is 1.92 bits per heavy atom. The molecule has 1 atom stereocenters. The van der Waals surface area contributed by atoms with Crippen molar-refractivity contribution in [1.29, 1.82) is 0 Å². The predicted octanol–water partition coefficient (Wildman–Crippen LogP) is 4.13. The first-order valence-electron chi connectivity index (χ1n) is 8.34. The molecule has 1 aliphatic rings. The smallest absolute Gasteiger partial charge is 0.229 e. The van der Waals surface area contributed by atoms with Crippen LogP contribution in [0.2, 0.25) is 10.0 Å². The van der Waals surface area contributed by atoms with Gasteiger partial charge in [-0.25, -0.2) is 0 Å². The first kappa shape index (κ1) is 18.5. The molecule has 1 fully saturated rings. The highest BCUT2D eigenvalue weighted by molar-refractivity contribution is 6.39. The number of hydrogen-bond donors (Lipinski definition) is 2. The molecule has 0 radical (unpaired) electrons. The maximum atomic E-state index is 12.6. The van der Waals surface area contributed by atoms with E-state index in [4.69, 9.17) is 28.9 Å². The first-order chi connectivity index (χ1) is 12.4. The fraction of sp³-hybridized carbons (Fsp3) is 0.263. The van der Waals surface area contributed by atoms with E-state index in [0.717, 1.165) is 17.7 Å². The third-order valence-corrected chi connectivity index (χ3v) is 5.13. The second kappa shape index (κ2) is 7.56. The number of halogens is 2. The van der Waals surface area contributed by atoms with Crippen molar-refractivity contribution < 1.29 is 9.59 Å². The summed E-state index contributed by atoms with van der Waals surface area (Å²) in [6, 6.07) is 10.8. The summed E-state index contributed by atoms with van der Waals surface area (Å²) in [5, 5.41) is 3.32. The zero-order valence-corrected chi connectivity index (χ0v) is 15.8. The quantitative estimate of drug-likeness (QED) is 0.769. The number of aryl methyl sites for hydroxylation is 1. The van der Waals surface area contributed by atoms with Gasteiger partial charge >= 0.3 is 0 Å². The van der Waals surface area contributed by atoms with Gasteiger partial charge in [0.05, 0.1) is 21.7 Å². The molecule has 7 heteroatoms. The van der Waals surface area contributed by atoms with Crippen LogP contribution in [-0.2, 0) is 16.0 Å². The van der Waals surface area contributed by atoms with Crippen LogP contribution >= 0.6 is 23.2 Å². The van der Waals surface area contributed by atoms with Gasteiger partial charge in [-0.3, -0.25) is 9.59 Å². The summed E-state index contributed by atoms with van der Waals surface area (Å²) in [6.07, 6.45) is 0.986. The third kappa shape index (κ3) is 3.64. The number of nitrogens with zero attached hydrogens (tertiary/aromatic N) is 1. The van der Waals surface area contributed by atoms with E-state index in [1.165, 1.54) is 0 Å². The van der Waals surface area contributed by atoms with E-state index in [0.29, 0.717) is 12.2 Å². The molecular formula is C19H19Cl2N3O2. The molecule has 2 aromatic rings. The van der Waals surface area contributed by atoms with Crippen LogP contribution in [0.25, 0.3) is 0 Å². The maximum absolute atomic E-state index is 12.6. The second-order valence-corrected chi connectivity index (χ2v) is 7.04. The number of nitrogen functional groups attached to an aromatic ring is 1. The van der Waals surface area contributed by atoms with Gasteiger partial charge < -0.3 is 16.0 Å². The average Bonchev–Trinajstić information content (AvgIpc) is 3.01. The van der Waals surface area contributed by atoms with E-state index in [1.807, 2.05) is 31.2 Å². The lowest BCUT2D eigenvalue weighted by Crippen LogP contribution is -2.28. The Morgan fingerprint density at radius 1 is 1.27 bits per heavy atom. The van der Waals surface area contributed by atoms with E-state index in [2.05, 4.69) is 5.32 Å². The number of carbonyl (C=O) groups excluding carboxylic acids is 2. The molecule has 0 aliphatic carbocycles. The van der Waals surface area contributed by atoms with E-state index < -0.39 is 5.92 Å². The molecule has 1 saturated heterocycles. The highest BCUT2D eigenvalue weighted by atomic mass is 35.5. The highest BCUT2D eigenvalue weighted by Crippen LogP contribution is 2.32. The number of rotatable bonds is 4. The number of para-hydroxylation sites is 1. The van der Waals surface area contributed by atoms with Crippen molar-refractivity contribution in [2.45, 2.75) is 19.8 Å². The van der Waals surface area contributed by atoms with Crippen molar-refractivity contribution >= 4 is 52.1 Å². The average molecular weight is 392 g/mol. The van der Waals surface area contributed by atoms with Gasteiger partial charge in [-0.05, 0) is 30.2 Å². The van der Waals surface area contributed by atoms with E-state index in [9.17, 15) is 9.59 Å². The summed E-state index contributed by atoms with van der Waals surface area (Å²) in [6.45, 7) is 2.39. The number of nitrogens with two attached hydrogens (primary N) is 1. The van der Waals surface area contributed by atoms with Gasteiger partial charge in [-0.1, -0.05) is 48.3 Å². The summed E-state index contributed by atoms with van der Waals surface area (Å²) in [4.78, 5) is 26.7. The summed E-state index contributed by atoms with van der Waals surface area (Å²) in [5.74, 6) is -0.742. The Bertz CT molecular complexity index is 847. The Balaban J connectivity index is 1.75. The molecule has 0 bridgehead atoms. The number of anilines is 3. The molecule has 0 aromatic heterocycles. The van der Waals surface area contributed by atoms with Crippen LogP contribution in [0.3, 0.4) is 0 Å². The van der Waals surface area contributed by atoms with E-state index in [-0.39, 0.29) is 34.0 Å². The van der Waals surface area contributed by atoms with Crippen LogP contribution < -0.4 is 16.0 Å². The molecule has 2 amide bonds. The number of amides is 2. The Kier molecular flexibility index (Phi) is 5.39. The normalized spacial score (nSPS) is 16.8. The molecule has 1 unspecified atom stereocenters. The van der Waals surface area contributed by atoms with Crippen LogP contribution in [0.1, 0.15) is 18.9 Å². The summed E-state index contributed by atoms with van der Waals surface area (Å²) in [7, 11) is 0. The molecule has 3 N–H and O–H groups in total. The number of hydrogen-bond acceptors (Lipinski definition) is 3. The van der Waals surface area contributed by atoms with Crippen molar-refractivity contribution in [3.8, 4) is 0 Å². The van der Waals surface area contributed by atoms with Crippen molar-refractivity contribution in [2.75, 3.05) is 22.5 Å². The molecular weight excluding hydrogens is 373 g/mol. The zero-order chi connectivity index (χ0) is 18.8. The number of carbonyl (C=O) groups is 2. The van der Waals surface area contributed by atoms with Gasteiger partial charge in [0.2, 0.25) is 11.8 Å². The largest absolute Gasteiger partial charge is 0.396 e. The first-order valence-corrected chi connectivity index (χ1v) is 9.10. The summed E-state index contributed by atoms with van der Waals surface area (Å²) < 4.78 is 0. The zero-order valence-electron chi connectivity index (χ0n) is 14.3. The minimum atomic E-state index is -0.442. The van der Waals surface area contributed by atoms with Crippen LogP contribution in [0.5, 0.6) is 0 Å². The molecule has 1 heterocycles. The fourth-order valence-corrected chi connectivity index (χ4v) is 3.58. The fourth-order valence-electron chi connectivity index (χ4n) is 3.09. The van der Waals surface area contributed by atoms with Gasteiger partial charge in [0.15, 0.2) is 0 Å². The van der Waals surface area contributed by atoms with Crippen molar-refractivity contribution in [3.63, 3.8) is 0 Å². The minimum absolute atomic E-state index is 0.0561. The molecule has 0 spiro atoms. The molecule has 3 rings (SSSR count). The lowest BCUT2D eigenvalue weighted by Gasteiger charge is -2.20. The standard InChI is InChI=1S/C19H19Cl2N3O2/c1-2-11-5-3-4-6-16(11)24-10-12(7-17(24)25)19(26)23-13-8-14(20)18(22)15(21)9-13/h3-6,8-9,12H,2,7,10,22H2,1H3,(H,23,26). The van der Waals surface area contributed by atoms with Crippen molar-refractivity contribution in [1.82, 2.24) is 0 Å². The number of benzene rings is 2. The summed E-state index contributed by atoms with van der Waals surface area (Å²) >= 11 is 12.0. The lowest BCUT2D eigenvalue weighted by molar-refractivity contribution is -0.122. The third-order valence-electron chi connectivity index (χ3n) is 4.51. The minimum Gasteiger partial charge on any atom is -0.396 e. The van der Waals surface area contributed by atoms with Gasteiger partial charge in [0.25, 0.3) is 0 Å². The Hall–Kier alpha value is -2.24. The molecule has 2 aromatic carbocycles. The van der Waals surface area contributed by atoms with E-state index in [1.54, 1.807) is 17.0 Å². The van der Waals surface area contributed by atoms with E-state index >= 15 is 0 Å². The molecule has 0 saturated carbocycles. The van der Waals surface area contributed by atoms with Crippen LogP contribution in [-0.4, -0.2) is 18.4 Å².